The first-order valence-electron chi connectivity index (χ1n) is 26.9. The summed E-state index contributed by atoms with van der Waals surface area (Å²) in [6.45, 7) is 0. The monoisotopic (exact) mass is 791 g/mol. The number of nitrogens with zero attached hydrogens (tertiary/aromatic N) is 6. The van der Waals surface area contributed by atoms with Crippen molar-refractivity contribution in [2.45, 2.75) is 7.43 Å². The molecular formula is C29H62Br2N8O3. The molecule has 0 saturated heterocycles. The van der Waals surface area contributed by atoms with Gasteiger partial charge in [-0.05, 0) is 60.7 Å². The zero-order valence-corrected chi connectivity index (χ0v) is 25.2. The first-order valence-corrected chi connectivity index (χ1v) is 13.5. The predicted octanol–water partition coefficient (Wildman–Crippen LogP) is 9.47. The molecule has 3 heterocycles. The topological polar surface area (TPSA) is 164 Å². The number of hydrogen-bond acceptors (Lipinski definition) is 9. The third-order valence-corrected chi connectivity index (χ3v) is 6.12. The van der Waals surface area contributed by atoms with Gasteiger partial charge >= 0.3 is 0 Å². The fraction of sp³-hybridized carbons (Fsp3) is 0.103. The quantitative estimate of drug-likeness (QED) is 0.0587. The Morgan fingerprint density at radius 1 is 1.00 bits per heavy atom. The lowest BCUT2D eigenvalue weighted by atomic mass is 10.2. The third-order valence-electron chi connectivity index (χ3n) is 5.13. The highest BCUT2D eigenvalue weighted by molar-refractivity contribution is 9.10. The van der Waals surface area contributed by atoms with Gasteiger partial charge in [-0.3, -0.25) is 14.8 Å². The summed E-state index contributed by atoms with van der Waals surface area (Å²) in [4.78, 5) is 22.9. The lowest BCUT2D eigenvalue weighted by Crippen LogP contribution is -2.18. The van der Waals surface area contributed by atoms with Crippen molar-refractivity contribution in [3.8, 4) is 34.4 Å². The first kappa shape index (κ1) is 17.4. The van der Waals surface area contributed by atoms with E-state index in [4.69, 9.17) is 55.4 Å². The van der Waals surface area contributed by atoms with Crippen molar-refractivity contribution in [2.24, 2.45) is 17.9 Å². The number of carbonyl (C=O) groups excluding carboxylic acids is 1. The Hall–Kier alpha value is -4.62. The molecule has 0 aliphatic rings. The molecule has 250 valence electrons. The molecule has 0 saturated carbocycles. The Balaban J connectivity index is -0.0000000429. The molecule has 0 aliphatic carbocycles. The highest BCUT2D eigenvalue weighted by Crippen LogP contribution is 2.31. The van der Waals surface area contributed by atoms with Gasteiger partial charge < -0.3 is 21.4 Å². The minimum Gasteiger partial charge on any atom is -0.507 e. The van der Waals surface area contributed by atoms with Crippen LogP contribution in [0, 0.1) is 0 Å². The average Bonchev–Trinajstić information content (AvgIpc) is 3.89. The van der Waals surface area contributed by atoms with Crippen LogP contribution in [0.2, 0.25) is 0 Å². The van der Waals surface area contributed by atoms with Gasteiger partial charge in [0.25, 0.3) is 0 Å². The minimum atomic E-state index is 0. The van der Waals surface area contributed by atoms with E-state index < -0.39 is 0 Å². The number of aldehydes is 1. The number of pyridine rings is 2. The smallest absolute Gasteiger partial charge is 0.200 e. The summed E-state index contributed by atoms with van der Waals surface area (Å²) in [7, 11) is 3.48. The molecule has 5 rings (SSSR count). The molecular weight excluding hydrogens is 668 g/mol. The molecule has 0 fully saturated rings. The second-order valence-electron chi connectivity index (χ2n) is 8.02. The number of aromatic hydroxyl groups is 2. The number of benzene rings is 2. The molecule has 5 N–H and O–H groups in total. The van der Waals surface area contributed by atoms with E-state index in [0.29, 0.717) is 46.3 Å². The number of nitrogens with two attached hydrogens (primary N) is 1. The fourth-order valence-corrected chi connectivity index (χ4v) is 3.96. The van der Waals surface area contributed by atoms with Crippen LogP contribution in [0.5, 0.6) is 11.5 Å². The Bertz CT molecular complexity index is 1690. The maximum atomic E-state index is 10.2. The van der Waals surface area contributed by atoms with E-state index in [9.17, 15) is 9.90 Å². The zero-order valence-electron chi connectivity index (χ0n) is 52.0. The number of hydrazone groups is 1. The Morgan fingerprint density at radius 2 is 1.64 bits per heavy atom. The van der Waals surface area contributed by atoms with Crippen LogP contribution in [0.25, 0.3) is 22.9 Å². The van der Waals surface area contributed by atoms with Crippen molar-refractivity contribution in [3.63, 3.8) is 0 Å². The number of rotatable bonds is 5. The van der Waals surface area contributed by atoms with Crippen molar-refractivity contribution < 1.29 is 61.0 Å². The van der Waals surface area contributed by atoms with Gasteiger partial charge in [-0.1, -0.05) is 51.4 Å². The fourth-order valence-electron chi connectivity index (χ4n) is 3.22. The average molecular weight is 793 g/mol. The van der Waals surface area contributed by atoms with E-state index in [1.54, 1.807) is 61.5 Å². The highest BCUT2D eigenvalue weighted by atomic mass is 79.9. The lowest BCUT2D eigenvalue weighted by molar-refractivity contribution is 0.112. The molecule has 0 unspecified atom stereocenters. The van der Waals surface area contributed by atoms with E-state index >= 15 is 0 Å². The highest BCUT2D eigenvalue weighted by Gasteiger charge is 2.15. The van der Waals surface area contributed by atoms with E-state index in [-0.39, 0.29) is 20.4 Å². The molecule has 0 bridgehead atoms. The van der Waals surface area contributed by atoms with Crippen LogP contribution in [-0.4, -0.2) is 54.1 Å². The van der Waals surface area contributed by atoms with Gasteiger partial charge in [0, 0.05) is 81.4 Å². The number of phenols is 2. The molecule has 0 aliphatic heterocycles. The molecule has 11 nitrogen and oxygen atoms in total. The maximum Gasteiger partial charge on any atom is 0.200 e. The number of halogens is 2. The summed E-state index contributed by atoms with van der Waals surface area (Å²) < 4.78 is 153. The van der Waals surface area contributed by atoms with Crippen LogP contribution < -0.4 is 11.2 Å². The van der Waals surface area contributed by atoms with Crippen LogP contribution in [-0.2, 0) is 7.05 Å². The van der Waals surface area contributed by atoms with Crippen LogP contribution in [0.3, 0.4) is 0 Å². The van der Waals surface area contributed by atoms with E-state index in [0.717, 1.165) is 8.95 Å². The van der Waals surface area contributed by atoms with Gasteiger partial charge in [-0.15, -0.1) is 5.10 Å². The standard InChI is InChI=1S/C14H11BrN4O.C7H5BrO2.C7H10N4.CH4.16H2/c1-19-14(10-8-9(15)5-6-12(10)20)17-13(18-19)11-4-2-3-7-16-11;8-6-1-2-7(10)5(3-6)4-9;1-9-11-7(8)6-4-2-3-5-10-6;;;;;;;;;;;;;;;;;/h2-8,20H,1H3;1-4,10H;2-5,9H,1H3,(H2,8,11);1H4;16*1H/i;;;;15*1+2T;1+2. The van der Waals surface area contributed by atoms with Crippen molar-refractivity contribution in [1.82, 2.24) is 30.2 Å². The molecule has 0 radical (unpaired) electrons. The molecule has 42 heavy (non-hydrogen) atoms. The second kappa shape index (κ2) is 16.6. The predicted molar refractivity (Wildman–Crippen MR) is 205 cm³/mol. The summed E-state index contributed by atoms with van der Waals surface area (Å²) >= 11 is 6.56. The summed E-state index contributed by atoms with van der Waals surface area (Å²) in [5, 5.41) is 27.1. The van der Waals surface area contributed by atoms with Crippen LogP contribution in [0.15, 0.2) is 99.2 Å². The third kappa shape index (κ3) is 9.49. The largest absolute Gasteiger partial charge is 0.507 e. The minimum absolute atomic E-state index is 0. The van der Waals surface area contributed by atoms with Crippen molar-refractivity contribution >= 4 is 44.0 Å². The number of nitrogens with one attached hydrogen (secondary N) is 1. The SMILES string of the molecule is C.CN/N=C(\N)c1ccccn1.Cn1nc(-c2ccccn2)nc1-c1cc(Br)ccc1O.O=Cc1cc(Br)ccc1O.[3HH].[3H][3H].[3H][3H].[3H][3H].[3H][3H].[3H][3H].[3H][3H].[3H][3H].[3H][3H].[3H][3H].[3H][3H].[3H][3H].[3H][3H].[3H][3H].[3H][3H].[3H][3H]. The summed E-state index contributed by atoms with van der Waals surface area (Å²) in [5.41, 5.74) is 10.4. The van der Waals surface area contributed by atoms with E-state index in [1.807, 2.05) is 36.4 Å². The molecule has 13 heteroatoms. The van der Waals surface area contributed by atoms with Crippen LogP contribution in [0.1, 0.15) is 69.4 Å². The Morgan fingerprint density at radius 3 is 2.21 bits per heavy atom. The van der Waals surface area contributed by atoms with Gasteiger partial charge in [0.15, 0.2) is 23.8 Å². The van der Waals surface area contributed by atoms with Crippen molar-refractivity contribution in [3.05, 3.63) is 105 Å². The number of phenolic OH excluding ortho intramolecular Hbond substituents is 2. The maximum absolute atomic E-state index is 10.2. The summed E-state index contributed by atoms with van der Waals surface area (Å²) in [5.74, 6) is 1.69. The van der Waals surface area contributed by atoms with Gasteiger partial charge in [-0.2, -0.15) is 5.10 Å². The molecule has 0 atom stereocenters. The van der Waals surface area contributed by atoms with Crippen LogP contribution in [0.4, 0.5) is 0 Å². The number of carbonyl (C=O) groups is 1. The molecule has 3 aromatic heterocycles. The molecule has 5 aromatic rings. The Kier molecular flexibility index (Phi) is 6.86. The molecule has 2 aromatic carbocycles. The lowest BCUT2D eigenvalue weighted by Gasteiger charge is -2.03. The van der Waals surface area contributed by atoms with Crippen molar-refractivity contribution in [1.29, 1.82) is 0 Å². The van der Waals surface area contributed by atoms with Crippen LogP contribution >= 0.6 is 31.9 Å². The number of aromatic nitrogens is 5. The number of hydrogen-bond donors (Lipinski definition) is 4. The first-order chi connectivity index (χ1) is 34.7. The van der Waals surface area contributed by atoms with E-state index in [1.165, 1.54) is 6.07 Å². The second-order valence-corrected chi connectivity index (χ2v) is 9.85. The normalized spacial score (nSPS) is 13.1. The molecule has 0 amide bonds. The van der Waals surface area contributed by atoms with E-state index in [2.05, 4.69) is 62.4 Å². The molecule has 0 spiro atoms. The summed E-state index contributed by atoms with van der Waals surface area (Å²) in [6, 6.07) is 21.0. The van der Waals surface area contributed by atoms with Crippen molar-refractivity contribution in [2.75, 3.05) is 7.05 Å². The van der Waals surface area contributed by atoms with Gasteiger partial charge in [0.2, 0.25) is 0 Å². The van der Waals surface area contributed by atoms with Gasteiger partial charge in [0.1, 0.15) is 22.9 Å². The number of amidine groups is 1. The summed E-state index contributed by atoms with van der Waals surface area (Å²) in [6.07, 6.45) is 3.98. The van der Waals surface area contributed by atoms with Gasteiger partial charge in [-0.25, -0.2) is 9.67 Å². The zero-order chi connectivity index (χ0) is 59.8. The Labute approximate surface area is 308 Å². The van der Waals surface area contributed by atoms with Gasteiger partial charge in [0.05, 0.1) is 11.1 Å². The number of aryl methyl sites for hydroxylation is 1.